The SMILES string of the molecule is Clc1cccc(Cl)c1COc1ccc(CNC2CCCCCC2)cc1. The van der Waals surface area contributed by atoms with E-state index in [0.717, 1.165) is 17.9 Å². The molecule has 0 atom stereocenters. The zero-order chi connectivity index (χ0) is 17.5. The first kappa shape index (κ1) is 18.6. The quantitative estimate of drug-likeness (QED) is 0.589. The molecule has 3 rings (SSSR count). The molecule has 4 heteroatoms. The summed E-state index contributed by atoms with van der Waals surface area (Å²) in [6, 6.07) is 14.4. The van der Waals surface area contributed by atoms with Crippen LogP contribution < -0.4 is 10.1 Å². The van der Waals surface area contributed by atoms with E-state index in [4.69, 9.17) is 27.9 Å². The maximum Gasteiger partial charge on any atom is 0.119 e. The predicted molar refractivity (Wildman–Crippen MR) is 106 cm³/mol. The molecule has 0 heterocycles. The Morgan fingerprint density at radius 2 is 1.52 bits per heavy atom. The lowest BCUT2D eigenvalue weighted by Gasteiger charge is -2.16. The summed E-state index contributed by atoms with van der Waals surface area (Å²) in [5, 5.41) is 4.97. The van der Waals surface area contributed by atoms with Crippen LogP contribution >= 0.6 is 23.2 Å². The normalized spacial score (nSPS) is 15.8. The van der Waals surface area contributed by atoms with E-state index < -0.39 is 0 Å². The van der Waals surface area contributed by atoms with Crippen LogP contribution in [-0.4, -0.2) is 6.04 Å². The van der Waals surface area contributed by atoms with Gasteiger partial charge < -0.3 is 10.1 Å². The Kier molecular flexibility index (Phi) is 7.03. The number of nitrogens with one attached hydrogen (secondary N) is 1. The fourth-order valence-electron chi connectivity index (χ4n) is 3.27. The lowest BCUT2D eigenvalue weighted by molar-refractivity contribution is 0.306. The molecule has 0 bridgehead atoms. The van der Waals surface area contributed by atoms with Gasteiger partial charge in [0.1, 0.15) is 12.4 Å². The van der Waals surface area contributed by atoms with E-state index in [9.17, 15) is 0 Å². The smallest absolute Gasteiger partial charge is 0.119 e. The highest BCUT2D eigenvalue weighted by Gasteiger charge is 2.11. The third-order valence-electron chi connectivity index (χ3n) is 4.82. The number of hydrogen-bond donors (Lipinski definition) is 1. The largest absolute Gasteiger partial charge is 0.489 e. The Hall–Kier alpha value is -1.22. The first-order valence-electron chi connectivity index (χ1n) is 9.10. The van der Waals surface area contributed by atoms with Crippen LogP contribution in [0.1, 0.15) is 49.7 Å². The average molecular weight is 378 g/mol. The predicted octanol–water partition coefficient (Wildman–Crippen LogP) is 6.38. The van der Waals surface area contributed by atoms with Crippen molar-refractivity contribution in [3.05, 3.63) is 63.6 Å². The Morgan fingerprint density at radius 1 is 0.880 bits per heavy atom. The minimum Gasteiger partial charge on any atom is -0.489 e. The van der Waals surface area contributed by atoms with Gasteiger partial charge >= 0.3 is 0 Å². The average Bonchev–Trinajstić information content (AvgIpc) is 2.89. The van der Waals surface area contributed by atoms with Gasteiger partial charge in [0.2, 0.25) is 0 Å². The molecule has 0 aromatic heterocycles. The maximum atomic E-state index is 6.17. The molecule has 0 radical (unpaired) electrons. The van der Waals surface area contributed by atoms with Crippen LogP contribution in [0.3, 0.4) is 0 Å². The van der Waals surface area contributed by atoms with E-state index in [1.165, 1.54) is 44.1 Å². The number of benzene rings is 2. The minimum absolute atomic E-state index is 0.373. The van der Waals surface area contributed by atoms with Crippen LogP contribution in [0.4, 0.5) is 0 Å². The molecular weight excluding hydrogens is 353 g/mol. The van der Waals surface area contributed by atoms with Crippen molar-refractivity contribution in [1.29, 1.82) is 0 Å². The fraction of sp³-hybridized carbons (Fsp3) is 0.429. The molecule has 1 N–H and O–H groups in total. The van der Waals surface area contributed by atoms with E-state index in [-0.39, 0.29) is 0 Å². The van der Waals surface area contributed by atoms with Crippen molar-refractivity contribution in [3.63, 3.8) is 0 Å². The summed E-state index contributed by atoms with van der Waals surface area (Å²) in [5.41, 5.74) is 2.11. The van der Waals surface area contributed by atoms with Gasteiger partial charge in [-0.15, -0.1) is 0 Å². The summed E-state index contributed by atoms with van der Waals surface area (Å²) in [6.45, 7) is 1.29. The second kappa shape index (κ2) is 9.47. The standard InChI is InChI=1S/C21H25Cl2NO/c22-20-8-5-9-21(23)19(20)15-25-18-12-10-16(11-13-18)14-24-17-6-3-1-2-4-7-17/h5,8-13,17,24H,1-4,6-7,14-15H2. The number of hydrogen-bond acceptors (Lipinski definition) is 2. The fourth-order valence-corrected chi connectivity index (χ4v) is 3.78. The Balaban J connectivity index is 1.50. The van der Waals surface area contributed by atoms with Gasteiger partial charge in [-0.05, 0) is 42.7 Å². The van der Waals surface area contributed by atoms with Crippen molar-refractivity contribution in [2.75, 3.05) is 0 Å². The molecule has 0 saturated heterocycles. The van der Waals surface area contributed by atoms with Crippen LogP contribution in [0.2, 0.25) is 10.0 Å². The molecule has 1 fully saturated rings. The third kappa shape index (κ3) is 5.64. The van der Waals surface area contributed by atoms with Crippen molar-refractivity contribution in [3.8, 4) is 5.75 Å². The molecule has 0 unspecified atom stereocenters. The molecule has 1 aliphatic rings. The Morgan fingerprint density at radius 3 is 2.16 bits per heavy atom. The van der Waals surface area contributed by atoms with Crippen molar-refractivity contribution >= 4 is 23.2 Å². The highest BCUT2D eigenvalue weighted by atomic mass is 35.5. The van der Waals surface area contributed by atoms with Gasteiger partial charge in [-0.3, -0.25) is 0 Å². The van der Waals surface area contributed by atoms with Crippen LogP contribution in [0.25, 0.3) is 0 Å². The Bertz CT molecular complexity index is 644. The van der Waals surface area contributed by atoms with Crippen LogP contribution in [0.5, 0.6) is 5.75 Å². The first-order chi connectivity index (χ1) is 12.2. The van der Waals surface area contributed by atoms with Gasteiger partial charge in [0, 0.05) is 28.2 Å². The summed E-state index contributed by atoms with van der Waals surface area (Å²) < 4.78 is 5.83. The highest BCUT2D eigenvalue weighted by molar-refractivity contribution is 6.35. The van der Waals surface area contributed by atoms with Gasteiger partial charge in [0.15, 0.2) is 0 Å². The number of rotatable bonds is 6. The second-order valence-corrected chi connectivity index (χ2v) is 7.52. The molecule has 25 heavy (non-hydrogen) atoms. The van der Waals surface area contributed by atoms with Crippen molar-refractivity contribution in [2.45, 2.75) is 57.7 Å². The second-order valence-electron chi connectivity index (χ2n) is 6.70. The molecule has 1 saturated carbocycles. The summed E-state index contributed by atoms with van der Waals surface area (Å²) in [7, 11) is 0. The van der Waals surface area contributed by atoms with Crippen LogP contribution in [0, 0.1) is 0 Å². The molecule has 0 spiro atoms. The molecule has 2 aromatic rings. The van der Waals surface area contributed by atoms with Gasteiger partial charge in [-0.1, -0.05) is 67.1 Å². The monoisotopic (exact) mass is 377 g/mol. The summed E-state index contributed by atoms with van der Waals surface area (Å²) >= 11 is 12.3. The molecule has 1 aliphatic carbocycles. The van der Waals surface area contributed by atoms with Gasteiger partial charge in [0.05, 0.1) is 0 Å². The summed E-state index contributed by atoms with van der Waals surface area (Å²) in [6.07, 6.45) is 8.10. The lowest BCUT2D eigenvalue weighted by atomic mass is 10.1. The molecule has 0 amide bonds. The van der Waals surface area contributed by atoms with E-state index in [2.05, 4.69) is 17.4 Å². The Labute approximate surface area is 160 Å². The van der Waals surface area contributed by atoms with Crippen molar-refractivity contribution in [2.24, 2.45) is 0 Å². The molecule has 2 nitrogen and oxygen atoms in total. The van der Waals surface area contributed by atoms with Gasteiger partial charge in [0.25, 0.3) is 0 Å². The zero-order valence-corrected chi connectivity index (χ0v) is 16.0. The van der Waals surface area contributed by atoms with Crippen molar-refractivity contribution < 1.29 is 4.74 Å². The topological polar surface area (TPSA) is 21.3 Å². The number of halogens is 2. The third-order valence-corrected chi connectivity index (χ3v) is 5.53. The van der Waals surface area contributed by atoms with E-state index in [1.54, 1.807) is 0 Å². The number of ether oxygens (including phenoxy) is 1. The van der Waals surface area contributed by atoms with E-state index in [1.807, 2.05) is 30.3 Å². The maximum absolute atomic E-state index is 6.17. The summed E-state index contributed by atoms with van der Waals surface area (Å²) in [5.74, 6) is 0.828. The lowest BCUT2D eigenvalue weighted by Crippen LogP contribution is -2.27. The van der Waals surface area contributed by atoms with Crippen LogP contribution in [0.15, 0.2) is 42.5 Å². The van der Waals surface area contributed by atoms with E-state index in [0.29, 0.717) is 22.7 Å². The minimum atomic E-state index is 0.373. The molecule has 2 aromatic carbocycles. The van der Waals surface area contributed by atoms with Crippen molar-refractivity contribution in [1.82, 2.24) is 5.32 Å². The van der Waals surface area contributed by atoms with Gasteiger partial charge in [-0.25, -0.2) is 0 Å². The molecule has 0 aliphatic heterocycles. The van der Waals surface area contributed by atoms with E-state index >= 15 is 0 Å². The molecule has 134 valence electrons. The van der Waals surface area contributed by atoms with Gasteiger partial charge in [-0.2, -0.15) is 0 Å². The summed E-state index contributed by atoms with van der Waals surface area (Å²) in [4.78, 5) is 0. The molecular formula is C21H25Cl2NO. The van der Waals surface area contributed by atoms with Crippen LogP contribution in [-0.2, 0) is 13.2 Å². The first-order valence-corrected chi connectivity index (χ1v) is 9.86. The highest BCUT2D eigenvalue weighted by Crippen LogP contribution is 2.26. The zero-order valence-electron chi connectivity index (χ0n) is 14.4.